The molecule has 0 aliphatic carbocycles. The molecule has 108 valence electrons. The van der Waals surface area contributed by atoms with Crippen LogP contribution in [0, 0.1) is 0 Å². The summed E-state index contributed by atoms with van der Waals surface area (Å²) >= 11 is 0. The van der Waals surface area contributed by atoms with Crippen LogP contribution in [0.15, 0.2) is 41.5 Å². The first-order valence-corrected chi connectivity index (χ1v) is 6.06. The molecule has 0 fully saturated rings. The largest absolute Gasteiger partial charge is 0.481 e. The lowest BCUT2D eigenvalue weighted by Gasteiger charge is -2.13. The minimum Gasteiger partial charge on any atom is -0.481 e. The molecule has 0 bridgehead atoms. The maximum Gasteiger partial charge on any atom is 0.316 e. The summed E-state index contributed by atoms with van der Waals surface area (Å²) < 4.78 is 0. The van der Waals surface area contributed by atoms with E-state index in [9.17, 15) is 14.4 Å². The number of carboxylic acid groups (broad SMARTS) is 1. The van der Waals surface area contributed by atoms with E-state index in [0.29, 0.717) is 11.1 Å². The number of aromatic nitrogens is 1. The lowest BCUT2D eigenvalue weighted by molar-refractivity contribution is -0.136. The van der Waals surface area contributed by atoms with Crippen molar-refractivity contribution in [2.45, 2.75) is 6.42 Å². The molecular formula is C14H13N3O4. The second-order valence-corrected chi connectivity index (χ2v) is 4.32. The van der Waals surface area contributed by atoms with Crippen molar-refractivity contribution < 1.29 is 14.7 Å². The van der Waals surface area contributed by atoms with Gasteiger partial charge < -0.3 is 21.1 Å². The first kappa shape index (κ1) is 14.3. The van der Waals surface area contributed by atoms with Gasteiger partial charge in [0.1, 0.15) is 0 Å². The normalized spacial score (nSPS) is 10.1. The number of carbonyl (C=O) groups excluding carboxylic acids is 1. The minimum absolute atomic E-state index is 0.262. The third-order valence-corrected chi connectivity index (χ3v) is 2.84. The average Bonchev–Trinajstić information content (AvgIpc) is 2.39. The van der Waals surface area contributed by atoms with E-state index in [2.05, 4.69) is 10.3 Å². The monoisotopic (exact) mass is 287 g/mol. The number of amides is 2. The third kappa shape index (κ3) is 3.27. The van der Waals surface area contributed by atoms with E-state index >= 15 is 0 Å². The molecule has 1 aromatic carbocycles. The molecule has 0 aliphatic rings. The molecule has 7 nitrogen and oxygen atoms in total. The summed E-state index contributed by atoms with van der Waals surface area (Å²) in [6.07, 6.45) is 2.64. The second kappa shape index (κ2) is 5.91. The number of nitrogens with two attached hydrogens (primary N) is 1. The number of benzene rings is 1. The summed E-state index contributed by atoms with van der Waals surface area (Å²) in [4.78, 5) is 36.8. The van der Waals surface area contributed by atoms with Crippen LogP contribution in [0.3, 0.4) is 0 Å². The van der Waals surface area contributed by atoms with Crippen LogP contribution in [0.2, 0.25) is 0 Å². The Balaban J connectivity index is 2.69. The SMILES string of the molecule is NC(=O)Nc1cccc(CC(=O)O)c1-c1c[nH]ccc1=O. The highest BCUT2D eigenvalue weighted by Crippen LogP contribution is 2.29. The van der Waals surface area contributed by atoms with Crippen molar-refractivity contribution in [2.24, 2.45) is 5.73 Å². The summed E-state index contributed by atoms with van der Waals surface area (Å²) in [5, 5.41) is 11.4. The van der Waals surface area contributed by atoms with Gasteiger partial charge in [0, 0.05) is 29.6 Å². The van der Waals surface area contributed by atoms with Gasteiger partial charge in [-0.15, -0.1) is 0 Å². The zero-order valence-corrected chi connectivity index (χ0v) is 10.9. The number of carboxylic acids is 1. The van der Waals surface area contributed by atoms with Crippen LogP contribution in [0.1, 0.15) is 5.56 Å². The topological polar surface area (TPSA) is 125 Å². The smallest absolute Gasteiger partial charge is 0.316 e. The van der Waals surface area contributed by atoms with E-state index in [-0.39, 0.29) is 23.1 Å². The number of carbonyl (C=O) groups is 2. The zero-order valence-electron chi connectivity index (χ0n) is 10.9. The molecule has 1 heterocycles. The molecular weight excluding hydrogens is 274 g/mol. The fourth-order valence-electron chi connectivity index (χ4n) is 2.08. The van der Waals surface area contributed by atoms with Crippen molar-refractivity contribution in [3.05, 3.63) is 52.4 Å². The van der Waals surface area contributed by atoms with Crippen LogP contribution in [0.5, 0.6) is 0 Å². The van der Waals surface area contributed by atoms with Gasteiger partial charge in [-0.25, -0.2) is 4.79 Å². The van der Waals surface area contributed by atoms with Gasteiger partial charge in [0.05, 0.1) is 12.1 Å². The van der Waals surface area contributed by atoms with Crippen molar-refractivity contribution in [2.75, 3.05) is 5.32 Å². The molecule has 2 aromatic rings. The van der Waals surface area contributed by atoms with Gasteiger partial charge in [0.15, 0.2) is 5.43 Å². The molecule has 1 aromatic heterocycles. The summed E-state index contributed by atoms with van der Waals surface area (Å²) in [6.45, 7) is 0. The first-order chi connectivity index (χ1) is 9.99. The number of anilines is 1. The number of nitrogens with one attached hydrogen (secondary N) is 2. The van der Waals surface area contributed by atoms with Gasteiger partial charge in [0.25, 0.3) is 0 Å². The lowest BCUT2D eigenvalue weighted by atomic mass is 9.96. The molecule has 0 spiro atoms. The fourth-order valence-corrected chi connectivity index (χ4v) is 2.08. The molecule has 0 atom stereocenters. The molecule has 0 radical (unpaired) electrons. The highest BCUT2D eigenvalue weighted by molar-refractivity contribution is 5.95. The van der Waals surface area contributed by atoms with Gasteiger partial charge in [-0.1, -0.05) is 12.1 Å². The van der Waals surface area contributed by atoms with Crippen LogP contribution in [0.4, 0.5) is 10.5 Å². The van der Waals surface area contributed by atoms with Gasteiger partial charge in [-0.05, 0) is 11.6 Å². The molecule has 7 heteroatoms. The number of hydrogen-bond donors (Lipinski definition) is 4. The van der Waals surface area contributed by atoms with Gasteiger partial charge >= 0.3 is 12.0 Å². The molecule has 2 rings (SSSR count). The Morgan fingerprint density at radius 1 is 1.29 bits per heavy atom. The molecule has 0 aliphatic heterocycles. The van der Waals surface area contributed by atoms with Crippen molar-refractivity contribution in [1.82, 2.24) is 4.98 Å². The first-order valence-electron chi connectivity index (χ1n) is 6.06. The molecule has 2 amide bonds. The zero-order chi connectivity index (χ0) is 15.4. The number of urea groups is 1. The minimum atomic E-state index is -1.04. The van der Waals surface area contributed by atoms with Crippen molar-refractivity contribution in [1.29, 1.82) is 0 Å². The number of aliphatic carboxylic acids is 1. The summed E-state index contributed by atoms with van der Waals surface area (Å²) in [5.74, 6) is -1.04. The Hall–Kier alpha value is -3.09. The predicted octanol–water partition coefficient (Wildman–Crippen LogP) is 1.16. The Bertz CT molecular complexity index is 718. The number of hydrogen-bond acceptors (Lipinski definition) is 3. The predicted molar refractivity (Wildman–Crippen MR) is 77.0 cm³/mol. The van der Waals surface area contributed by atoms with E-state index < -0.39 is 12.0 Å². The number of H-pyrrole nitrogens is 1. The lowest BCUT2D eigenvalue weighted by Crippen LogP contribution is -2.21. The third-order valence-electron chi connectivity index (χ3n) is 2.84. The van der Waals surface area contributed by atoms with Crippen molar-refractivity contribution in [3.63, 3.8) is 0 Å². The molecule has 21 heavy (non-hydrogen) atoms. The van der Waals surface area contributed by atoms with Crippen LogP contribution in [0.25, 0.3) is 11.1 Å². The summed E-state index contributed by atoms with van der Waals surface area (Å²) in [6, 6.07) is 5.25. The Morgan fingerprint density at radius 2 is 2.05 bits per heavy atom. The molecule has 5 N–H and O–H groups in total. The summed E-state index contributed by atoms with van der Waals surface area (Å²) in [5.41, 5.74) is 6.12. The van der Waals surface area contributed by atoms with Crippen LogP contribution in [-0.4, -0.2) is 22.1 Å². The standard InChI is InChI=1S/C14H13N3O4/c15-14(21)17-10-3-1-2-8(6-12(19)20)13(10)9-7-16-5-4-11(9)18/h1-5,7H,6H2,(H,16,18)(H,19,20)(H3,15,17,21). The van der Waals surface area contributed by atoms with Crippen LogP contribution in [-0.2, 0) is 11.2 Å². The average molecular weight is 287 g/mol. The Morgan fingerprint density at radius 3 is 2.67 bits per heavy atom. The van der Waals surface area contributed by atoms with Crippen LogP contribution < -0.4 is 16.5 Å². The molecule has 0 saturated carbocycles. The van der Waals surface area contributed by atoms with E-state index in [1.165, 1.54) is 18.5 Å². The molecule has 0 unspecified atom stereocenters. The van der Waals surface area contributed by atoms with E-state index in [1.54, 1.807) is 18.2 Å². The summed E-state index contributed by atoms with van der Waals surface area (Å²) in [7, 11) is 0. The van der Waals surface area contributed by atoms with E-state index in [4.69, 9.17) is 10.8 Å². The van der Waals surface area contributed by atoms with Crippen molar-refractivity contribution in [3.8, 4) is 11.1 Å². The van der Waals surface area contributed by atoms with Crippen molar-refractivity contribution >= 4 is 17.7 Å². The highest BCUT2D eigenvalue weighted by atomic mass is 16.4. The quantitative estimate of drug-likeness (QED) is 0.673. The number of aromatic amines is 1. The number of pyridine rings is 1. The fraction of sp³-hybridized carbons (Fsp3) is 0.0714. The molecule has 0 saturated heterocycles. The number of primary amides is 1. The maximum absolute atomic E-state index is 12.0. The Kier molecular flexibility index (Phi) is 4.03. The van der Waals surface area contributed by atoms with Gasteiger partial charge in [0.2, 0.25) is 0 Å². The van der Waals surface area contributed by atoms with Gasteiger partial charge in [-0.3, -0.25) is 9.59 Å². The number of rotatable bonds is 4. The van der Waals surface area contributed by atoms with Crippen LogP contribution >= 0.6 is 0 Å². The van der Waals surface area contributed by atoms with E-state index in [1.807, 2.05) is 0 Å². The van der Waals surface area contributed by atoms with Gasteiger partial charge in [-0.2, -0.15) is 0 Å². The van der Waals surface area contributed by atoms with E-state index in [0.717, 1.165) is 0 Å². The highest BCUT2D eigenvalue weighted by Gasteiger charge is 2.16. The Labute approximate surface area is 119 Å². The maximum atomic E-state index is 12.0. The second-order valence-electron chi connectivity index (χ2n) is 4.32.